The number of amides is 1. The molecule has 1 amide bonds. The highest BCUT2D eigenvalue weighted by molar-refractivity contribution is 7.89. The number of carbonyl (C=O) groups is 1. The van der Waals surface area contributed by atoms with Crippen molar-refractivity contribution in [2.24, 2.45) is 11.8 Å². The molecular weight excluding hydrogens is 376 g/mol. The van der Waals surface area contributed by atoms with Crippen LogP contribution in [0.3, 0.4) is 0 Å². The molecule has 0 spiro atoms. The van der Waals surface area contributed by atoms with E-state index < -0.39 is 10.0 Å². The van der Waals surface area contributed by atoms with Gasteiger partial charge in [0.2, 0.25) is 15.9 Å². The highest BCUT2D eigenvalue weighted by atomic mass is 32.2. The Morgan fingerprint density at radius 3 is 2.54 bits per heavy atom. The predicted molar refractivity (Wildman–Crippen MR) is 107 cm³/mol. The lowest BCUT2D eigenvalue weighted by atomic mass is 9.82. The molecule has 1 N–H and O–H groups in total. The Kier molecular flexibility index (Phi) is 5.37. The second kappa shape index (κ2) is 7.93. The van der Waals surface area contributed by atoms with Gasteiger partial charge in [-0.25, -0.2) is 8.42 Å². The number of rotatable bonds is 2. The highest BCUT2D eigenvalue weighted by Gasteiger charge is 2.36. The molecule has 2 aromatic carbocycles. The molecule has 0 radical (unpaired) electrons. The fraction of sp³-hybridized carbons (Fsp3) is 0.381. The van der Waals surface area contributed by atoms with Gasteiger partial charge in [0.25, 0.3) is 0 Å². The lowest BCUT2D eigenvalue weighted by Crippen LogP contribution is -2.45. The van der Waals surface area contributed by atoms with Crippen LogP contribution in [-0.4, -0.2) is 38.3 Å². The maximum absolute atomic E-state index is 13.0. The number of sulfonamides is 1. The summed E-state index contributed by atoms with van der Waals surface area (Å²) in [4.78, 5) is 12.8. The quantitative estimate of drug-likeness (QED) is 0.840. The minimum atomic E-state index is -3.52. The molecular formula is C21H24N2O4S. The first-order valence-electron chi connectivity index (χ1n) is 9.61. The van der Waals surface area contributed by atoms with Crippen LogP contribution < -0.4 is 10.1 Å². The van der Waals surface area contributed by atoms with E-state index in [-0.39, 0.29) is 17.7 Å². The van der Waals surface area contributed by atoms with E-state index in [9.17, 15) is 13.2 Å². The molecule has 4 rings (SSSR count). The van der Waals surface area contributed by atoms with Crippen LogP contribution >= 0.6 is 0 Å². The summed E-state index contributed by atoms with van der Waals surface area (Å²) >= 11 is 0. The number of fused-ring (bicyclic) bond motifs is 2. The minimum Gasteiger partial charge on any atom is -0.491 e. The number of nitrogens with one attached hydrogen (secondary N) is 1. The van der Waals surface area contributed by atoms with Crippen LogP contribution in [0.15, 0.2) is 59.5 Å². The molecule has 2 aromatic rings. The molecule has 148 valence electrons. The third-order valence-electron chi connectivity index (χ3n) is 5.59. The van der Waals surface area contributed by atoms with Crippen molar-refractivity contribution in [2.45, 2.75) is 24.2 Å². The molecule has 28 heavy (non-hydrogen) atoms. The minimum absolute atomic E-state index is 0.0488. The third kappa shape index (κ3) is 3.91. The Morgan fingerprint density at radius 2 is 1.71 bits per heavy atom. The summed E-state index contributed by atoms with van der Waals surface area (Å²) in [5, 5.41) is 2.93. The second-order valence-corrected chi connectivity index (χ2v) is 9.31. The van der Waals surface area contributed by atoms with Gasteiger partial charge in [0, 0.05) is 19.5 Å². The fourth-order valence-corrected chi connectivity index (χ4v) is 5.59. The van der Waals surface area contributed by atoms with Gasteiger partial charge in [-0.3, -0.25) is 4.79 Å². The molecule has 1 fully saturated rings. The van der Waals surface area contributed by atoms with Crippen LogP contribution in [0.1, 0.15) is 19.3 Å². The number of hydrogen-bond acceptors (Lipinski definition) is 4. The highest BCUT2D eigenvalue weighted by Crippen LogP contribution is 2.34. The summed E-state index contributed by atoms with van der Waals surface area (Å²) in [6.45, 7) is 1.34. The number of benzene rings is 2. The smallest absolute Gasteiger partial charge is 0.243 e. The maximum atomic E-state index is 13.0. The van der Waals surface area contributed by atoms with Crippen LogP contribution in [0.5, 0.6) is 5.75 Å². The normalized spacial score (nSPS) is 23.6. The van der Waals surface area contributed by atoms with Crippen LogP contribution in [-0.2, 0) is 14.8 Å². The Morgan fingerprint density at radius 1 is 0.964 bits per heavy atom. The van der Waals surface area contributed by atoms with Crippen LogP contribution in [0.2, 0.25) is 0 Å². The molecule has 2 heterocycles. The van der Waals surface area contributed by atoms with Crippen molar-refractivity contribution in [1.29, 1.82) is 0 Å². The van der Waals surface area contributed by atoms with E-state index in [1.807, 2.05) is 24.3 Å². The van der Waals surface area contributed by atoms with Gasteiger partial charge < -0.3 is 10.1 Å². The lowest BCUT2D eigenvalue weighted by Gasteiger charge is -2.38. The van der Waals surface area contributed by atoms with Crippen molar-refractivity contribution in [3.8, 4) is 5.75 Å². The molecule has 0 aliphatic carbocycles. The summed E-state index contributed by atoms with van der Waals surface area (Å²) in [6, 6.07) is 15.9. The molecule has 2 atom stereocenters. The molecule has 6 nitrogen and oxygen atoms in total. The van der Waals surface area contributed by atoms with Crippen LogP contribution in [0.25, 0.3) is 0 Å². The Labute approximate surface area is 165 Å². The van der Waals surface area contributed by atoms with Crippen molar-refractivity contribution in [3.05, 3.63) is 54.6 Å². The first kappa shape index (κ1) is 19.0. The molecule has 2 aliphatic rings. The average molecular weight is 401 g/mol. The molecule has 1 saturated heterocycles. The number of piperidine rings is 1. The van der Waals surface area contributed by atoms with Crippen molar-refractivity contribution >= 4 is 21.6 Å². The number of carbonyl (C=O) groups excluding carboxylic acids is 1. The number of anilines is 1. The summed E-state index contributed by atoms with van der Waals surface area (Å²) < 4.78 is 33.4. The number of ether oxygens (including phenoxy) is 1. The van der Waals surface area contributed by atoms with Gasteiger partial charge in [0.05, 0.1) is 17.2 Å². The Balaban J connectivity index is 1.53. The molecule has 0 saturated carbocycles. The van der Waals surface area contributed by atoms with Gasteiger partial charge >= 0.3 is 0 Å². The largest absolute Gasteiger partial charge is 0.491 e. The third-order valence-corrected chi connectivity index (χ3v) is 7.47. The van der Waals surface area contributed by atoms with Crippen molar-refractivity contribution in [3.63, 3.8) is 0 Å². The second-order valence-electron chi connectivity index (χ2n) is 7.37. The maximum Gasteiger partial charge on any atom is 0.243 e. The van der Waals surface area contributed by atoms with Gasteiger partial charge in [0.1, 0.15) is 5.75 Å². The predicted octanol–water partition coefficient (Wildman–Crippen LogP) is 3.12. The topological polar surface area (TPSA) is 75.7 Å². The zero-order valence-electron chi connectivity index (χ0n) is 15.6. The average Bonchev–Trinajstić information content (AvgIpc) is 2.71. The summed E-state index contributed by atoms with van der Waals surface area (Å²) in [5.74, 6) is 0.838. The monoisotopic (exact) mass is 400 g/mol. The number of hydrogen-bond donors (Lipinski definition) is 1. The molecule has 0 bridgehead atoms. The van der Waals surface area contributed by atoms with E-state index in [0.29, 0.717) is 55.3 Å². The van der Waals surface area contributed by atoms with E-state index in [1.165, 1.54) is 0 Å². The fourth-order valence-electron chi connectivity index (χ4n) is 4.06. The van der Waals surface area contributed by atoms with Gasteiger partial charge in [-0.05, 0) is 48.9 Å². The van der Waals surface area contributed by atoms with Crippen molar-refractivity contribution in [1.82, 2.24) is 4.31 Å². The van der Waals surface area contributed by atoms with Gasteiger partial charge in [-0.15, -0.1) is 0 Å². The Hall–Kier alpha value is -2.38. The van der Waals surface area contributed by atoms with Crippen molar-refractivity contribution < 1.29 is 17.9 Å². The van der Waals surface area contributed by atoms with E-state index in [1.54, 1.807) is 34.6 Å². The van der Waals surface area contributed by atoms with E-state index in [0.717, 1.165) is 0 Å². The number of nitrogens with zero attached hydrogens (tertiary/aromatic N) is 1. The first-order chi connectivity index (χ1) is 13.5. The van der Waals surface area contributed by atoms with E-state index >= 15 is 0 Å². The summed E-state index contributed by atoms with van der Waals surface area (Å²) in [5.41, 5.74) is 0.690. The van der Waals surface area contributed by atoms with Crippen molar-refractivity contribution in [2.75, 3.05) is 25.0 Å². The molecule has 0 aromatic heterocycles. The lowest BCUT2D eigenvalue weighted by molar-refractivity contribution is -0.117. The molecule has 2 aliphatic heterocycles. The van der Waals surface area contributed by atoms with Gasteiger partial charge in [0.15, 0.2) is 0 Å². The standard InChI is InChI=1S/C21H24N2O4S/c24-21-14-16-10-12-23(28(25,26)18-6-2-1-3-7-18)15-17(16)11-13-27-20-9-5-4-8-19(20)22-21/h1-9,16-17H,10-15H2,(H,22,24)/t16-,17-/m0/s1. The van der Waals surface area contributed by atoms with E-state index in [4.69, 9.17) is 4.74 Å². The first-order valence-corrected chi connectivity index (χ1v) is 11.0. The van der Waals surface area contributed by atoms with Gasteiger partial charge in [-0.1, -0.05) is 30.3 Å². The zero-order valence-corrected chi connectivity index (χ0v) is 16.4. The SMILES string of the molecule is O=C1C[C@@H]2CCN(S(=O)(=O)c3ccccc3)C[C@@H]2CCOc2ccccc2N1. The summed E-state index contributed by atoms with van der Waals surface area (Å²) in [6.07, 6.45) is 1.79. The van der Waals surface area contributed by atoms with Crippen LogP contribution in [0, 0.1) is 11.8 Å². The van der Waals surface area contributed by atoms with E-state index in [2.05, 4.69) is 5.32 Å². The molecule has 0 unspecified atom stereocenters. The number of para-hydroxylation sites is 2. The molecule has 7 heteroatoms. The summed E-state index contributed by atoms with van der Waals surface area (Å²) in [7, 11) is -3.52. The van der Waals surface area contributed by atoms with Crippen LogP contribution in [0.4, 0.5) is 5.69 Å². The van der Waals surface area contributed by atoms with Gasteiger partial charge in [-0.2, -0.15) is 4.31 Å². The Bertz CT molecular complexity index is 946. The zero-order chi connectivity index (χ0) is 19.6.